The van der Waals surface area contributed by atoms with Crippen molar-refractivity contribution in [2.45, 2.75) is 26.7 Å². The number of amides is 1. The van der Waals surface area contributed by atoms with E-state index in [0.717, 1.165) is 32.0 Å². The summed E-state index contributed by atoms with van der Waals surface area (Å²) in [5.41, 5.74) is 0.417. The molecule has 1 aliphatic carbocycles. The van der Waals surface area contributed by atoms with Crippen LogP contribution in [0.5, 0.6) is 0 Å². The fourth-order valence-corrected chi connectivity index (χ4v) is 2.85. The number of nitrogens with one attached hydrogen (secondary N) is 1. The average molecular weight is 240 g/mol. The van der Waals surface area contributed by atoms with Gasteiger partial charge in [0.15, 0.2) is 0 Å². The van der Waals surface area contributed by atoms with Gasteiger partial charge in [0.05, 0.1) is 6.61 Å². The predicted molar refractivity (Wildman–Crippen MR) is 66.8 cm³/mol. The highest BCUT2D eigenvalue weighted by molar-refractivity contribution is 5.68. The summed E-state index contributed by atoms with van der Waals surface area (Å²) in [4.78, 5) is 13.7. The molecular weight excluding hydrogens is 216 g/mol. The molecule has 1 aliphatic heterocycles. The number of ether oxygens (including phenoxy) is 1. The van der Waals surface area contributed by atoms with E-state index in [0.29, 0.717) is 17.9 Å². The third-order valence-electron chi connectivity index (χ3n) is 3.99. The van der Waals surface area contributed by atoms with Gasteiger partial charge in [-0.2, -0.15) is 0 Å². The zero-order chi connectivity index (χ0) is 12.5. The zero-order valence-corrected chi connectivity index (χ0v) is 11.2. The highest BCUT2D eigenvalue weighted by atomic mass is 16.6. The fraction of sp³-hybridized carbons (Fsp3) is 0.923. The van der Waals surface area contributed by atoms with E-state index >= 15 is 0 Å². The summed E-state index contributed by atoms with van der Waals surface area (Å²) in [6.07, 6.45) is 2.29. The summed E-state index contributed by atoms with van der Waals surface area (Å²) in [6, 6.07) is 0. The molecule has 2 rings (SSSR count). The monoisotopic (exact) mass is 240 g/mol. The van der Waals surface area contributed by atoms with Gasteiger partial charge in [-0.05, 0) is 43.7 Å². The van der Waals surface area contributed by atoms with E-state index in [4.69, 9.17) is 4.74 Å². The summed E-state index contributed by atoms with van der Waals surface area (Å²) in [5.74, 6) is 1.17. The minimum atomic E-state index is -0.120. The van der Waals surface area contributed by atoms with Gasteiger partial charge in [-0.15, -0.1) is 0 Å². The Morgan fingerprint density at radius 3 is 3.00 bits per heavy atom. The summed E-state index contributed by atoms with van der Waals surface area (Å²) in [7, 11) is 2.00. The van der Waals surface area contributed by atoms with E-state index in [2.05, 4.69) is 19.2 Å². The molecule has 0 bridgehead atoms. The first-order valence-corrected chi connectivity index (χ1v) is 6.64. The van der Waals surface area contributed by atoms with Gasteiger partial charge in [-0.3, -0.25) is 0 Å². The predicted octanol–water partition coefficient (Wildman–Crippen LogP) is 1.71. The Kier molecular flexibility index (Phi) is 3.61. The van der Waals surface area contributed by atoms with Crippen LogP contribution in [0.3, 0.4) is 0 Å². The molecule has 4 nitrogen and oxygen atoms in total. The van der Waals surface area contributed by atoms with E-state index in [9.17, 15) is 4.79 Å². The van der Waals surface area contributed by atoms with Gasteiger partial charge >= 0.3 is 6.09 Å². The van der Waals surface area contributed by atoms with Crippen molar-refractivity contribution in [2.75, 3.05) is 33.3 Å². The lowest BCUT2D eigenvalue weighted by Gasteiger charge is -2.17. The van der Waals surface area contributed by atoms with Crippen LogP contribution in [0.4, 0.5) is 4.79 Å². The zero-order valence-electron chi connectivity index (χ0n) is 11.2. The van der Waals surface area contributed by atoms with Gasteiger partial charge in [-0.1, -0.05) is 13.8 Å². The van der Waals surface area contributed by atoms with Gasteiger partial charge in [0.25, 0.3) is 0 Å². The first kappa shape index (κ1) is 12.7. The molecule has 2 fully saturated rings. The second kappa shape index (κ2) is 4.84. The Morgan fingerprint density at radius 1 is 1.59 bits per heavy atom. The Balaban J connectivity index is 1.77. The van der Waals surface area contributed by atoms with Crippen molar-refractivity contribution in [1.82, 2.24) is 10.2 Å². The molecule has 2 unspecified atom stereocenters. The van der Waals surface area contributed by atoms with Gasteiger partial charge in [0.2, 0.25) is 0 Å². The number of nitrogens with zero attached hydrogens (tertiary/aromatic N) is 1. The second-order valence-electron chi connectivity index (χ2n) is 5.96. The molecule has 1 saturated carbocycles. The maximum atomic E-state index is 11.8. The maximum absolute atomic E-state index is 11.8. The standard InChI is InChI=1S/C13H24N2O2/c1-10(2)8-17-12(16)15-5-4-13(9-15)6-11(13)7-14-3/h10-11,14H,4-9H2,1-3H3. The Morgan fingerprint density at radius 2 is 2.35 bits per heavy atom. The van der Waals surface area contributed by atoms with Crippen LogP contribution in [0.15, 0.2) is 0 Å². The molecule has 17 heavy (non-hydrogen) atoms. The van der Waals surface area contributed by atoms with Gasteiger partial charge < -0.3 is 15.0 Å². The highest BCUT2D eigenvalue weighted by Gasteiger charge is 2.57. The van der Waals surface area contributed by atoms with Crippen molar-refractivity contribution in [1.29, 1.82) is 0 Å². The lowest BCUT2D eigenvalue weighted by molar-refractivity contribution is 0.0977. The van der Waals surface area contributed by atoms with Crippen LogP contribution in [0.25, 0.3) is 0 Å². The number of likely N-dealkylation sites (tertiary alicyclic amines) is 1. The number of hydrogen-bond acceptors (Lipinski definition) is 3. The van der Waals surface area contributed by atoms with Crippen molar-refractivity contribution < 1.29 is 9.53 Å². The van der Waals surface area contributed by atoms with E-state index in [1.54, 1.807) is 0 Å². The number of carbonyl (C=O) groups is 1. The molecule has 0 aromatic rings. The molecule has 0 aromatic carbocycles. The molecule has 1 N–H and O–H groups in total. The topological polar surface area (TPSA) is 41.6 Å². The molecule has 0 aromatic heterocycles. The summed E-state index contributed by atoms with van der Waals surface area (Å²) in [5, 5.41) is 3.23. The Labute approximate surface area is 104 Å². The second-order valence-corrected chi connectivity index (χ2v) is 5.96. The van der Waals surface area contributed by atoms with Gasteiger partial charge in [-0.25, -0.2) is 4.79 Å². The lowest BCUT2D eigenvalue weighted by Crippen LogP contribution is -2.31. The first-order chi connectivity index (χ1) is 8.07. The minimum absolute atomic E-state index is 0.120. The molecule has 98 valence electrons. The summed E-state index contributed by atoms with van der Waals surface area (Å²) >= 11 is 0. The van der Waals surface area contributed by atoms with Crippen molar-refractivity contribution >= 4 is 6.09 Å². The van der Waals surface area contributed by atoms with Crippen molar-refractivity contribution in [3.8, 4) is 0 Å². The molecule has 1 saturated heterocycles. The van der Waals surface area contributed by atoms with E-state index < -0.39 is 0 Å². The fourth-order valence-electron chi connectivity index (χ4n) is 2.85. The van der Waals surface area contributed by atoms with E-state index in [-0.39, 0.29) is 6.09 Å². The Hall–Kier alpha value is -0.770. The molecule has 2 atom stereocenters. The molecule has 1 amide bonds. The Bertz CT molecular complexity index is 293. The van der Waals surface area contributed by atoms with Crippen LogP contribution >= 0.6 is 0 Å². The average Bonchev–Trinajstić information content (AvgIpc) is 2.74. The lowest BCUT2D eigenvalue weighted by atomic mass is 10.0. The SMILES string of the molecule is CNCC1CC12CCN(C(=O)OCC(C)C)C2. The third-order valence-corrected chi connectivity index (χ3v) is 3.99. The normalized spacial score (nSPS) is 31.3. The number of hydrogen-bond donors (Lipinski definition) is 1. The molecule has 0 radical (unpaired) electrons. The smallest absolute Gasteiger partial charge is 0.409 e. The van der Waals surface area contributed by atoms with Crippen molar-refractivity contribution in [3.63, 3.8) is 0 Å². The maximum Gasteiger partial charge on any atom is 0.409 e. The van der Waals surface area contributed by atoms with Crippen LogP contribution < -0.4 is 5.32 Å². The van der Waals surface area contributed by atoms with Gasteiger partial charge in [0, 0.05) is 13.1 Å². The van der Waals surface area contributed by atoms with Crippen LogP contribution in [0, 0.1) is 17.3 Å². The summed E-state index contributed by atoms with van der Waals surface area (Å²) < 4.78 is 5.28. The van der Waals surface area contributed by atoms with Crippen LogP contribution in [0.1, 0.15) is 26.7 Å². The van der Waals surface area contributed by atoms with E-state index in [1.165, 1.54) is 6.42 Å². The molecule has 2 aliphatic rings. The van der Waals surface area contributed by atoms with E-state index in [1.807, 2.05) is 11.9 Å². The van der Waals surface area contributed by atoms with Crippen LogP contribution in [0.2, 0.25) is 0 Å². The molecule has 1 spiro atoms. The van der Waals surface area contributed by atoms with Crippen LogP contribution in [-0.4, -0.2) is 44.3 Å². The molecular formula is C13H24N2O2. The first-order valence-electron chi connectivity index (χ1n) is 6.64. The van der Waals surface area contributed by atoms with Crippen molar-refractivity contribution in [2.24, 2.45) is 17.3 Å². The van der Waals surface area contributed by atoms with Gasteiger partial charge in [0.1, 0.15) is 0 Å². The molecule has 1 heterocycles. The highest BCUT2D eigenvalue weighted by Crippen LogP contribution is 2.58. The minimum Gasteiger partial charge on any atom is -0.449 e. The number of carbonyl (C=O) groups excluding carboxylic acids is 1. The van der Waals surface area contributed by atoms with Crippen LogP contribution in [-0.2, 0) is 4.74 Å². The van der Waals surface area contributed by atoms with Crippen molar-refractivity contribution in [3.05, 3.63) is 0 Å². The number of rotatable bonds is 4. The quantitative estimate of drug-likeness (QED) is 0.813. The largest absolute Gasteiger partial charge is 0.449 e. The third kappa shape index (κ3) is 2.73. The summed E-state index contributed by atoms with van der Waals surface area (Å²) in [6.45, 7) is 7.50. The molecule has 4 heteroatoms.